The zero-order chi connectivity index (χ0) is 68.4. The summed E-state index contributed by atoms with van der Waals surface area (Å²) in [6.07, 6.45) is 55.2. The molecule has 0 aliphatic heterocycles. The average Bonchev–Trinajstić information content (AvgIpc) is 3.72. The highest BCUT2D eigenvalue weighted by molar-refractivity contribution is 7.47. The van der Waals surface area contributed by atoms with Crippen molar-refractivity contribution in [2.75, 3.05) is 39.6 Å². The number of ether oxygens (including phenoxy) is 4. The maximum absolute atomic E-state index is 13.1. The number of carbonyl (C=O) groups excluding carboxylic acids is 4. The normalized spacial score (nSPS) is 14.3. The van der Waals surface area contributed by atoms with Crippen LogP contribution in [0, 0.1) is 5.92 Å². The van der Waals surface area contributed by atoms with Gasteiger partial charge in [-0.3, -0.25) is 37.3 Å². The molecule has 6 atom stereocenters. The standard InChI is InChI=1S/C74H144O17P2/c1-6-10-13-16-19-22-25-28-34-38-43-48-53-58-72(77)85-64-70(91-74(79)60-55-50-45-40-35-30-27-26-29-33-36-41-46-51-56-67(5)9-4)66-89-93(82,83)87-62-68(75)61-86-92(80,81)88-65-69(90-73(78)59-54-49-44-39-32-24-21-18-15-12-8-3)63-84-71(76)57-52-47-42-37-31-23-20-17-14-11-7-2/h67-70,75H,6-66H2,1-5H3,(H,80,81)(H,82,83)/t67?,68-,69+,70+/m0/s1. The number of esters is 4. The van der Waals surface area contributed by atoms with Crippen LogP contribution in [-0.2, 0) is 65.4 Å². The first-order chi connectivity index (χ1) is 45.1. The number of unbranched alkanes of at least 4 members (excludes halogenated alkanes) is 45. The molecule has 0 radical (unpaired) electrons. The van der Waals surface area contributed by atoms with Crippen LogP contribution < -0.4 is 0 Å². The summed E-state index contributed by atoms with van der Waals surface area (Å²) in [6.45, 7) is 7.33. The van der Waals surface area contributed by atoms with Gasteiger partial charge in [-0.1, -0.05) is 336 Å². The van der Waals surface area contributed by atoms with E-state index in [2.05, 4.69) is 34.6 Å². The molecule has 17 nitrogen and oxygen atoms in total. The Morgan fingerprint density at radius 2 is 0.516 bits per heavy atom. The Morgan fingerprint density at radius 3 is 0.763 bits per heavy atom. The summed E-state index contributed by atoms with van der Waals surface area (Å²) in [7, 11) is -9.90. The van der Waals surface area contributed by atoms with Crippen LogP contribution in [0.15, 0.2) is 0 Å². The highest BCUT2D eigenvalue weighted by atomic mass is 31.2. The van der Waals surface area contributed by atoms with Crippen molar-refractivity contribution in [2.24, 2.45) is 5.92 Å². The lowest BCUT2D eigenvalue weighted by Crippen LogP contribution is -2.30. The van der Waals surface area contributed by atoms with E-state index in [0.717, 1.165) is 95.8 Å². The van der Waals surface area contributed by atoms with E-state index in [-0.39, 0.29) is 25.7 Å². The molecular weight excluding hydrogens is 1220 g/mol. The van der Waals surface area contributed by atoms with Crippen LogP contribution in [-0.4, -0.2) is 96.7 Å². The molecule has 0 heterocycles. The van der Waals surface area contributed by atoms with Crippen LogP contribution in [0.1, 0.15) is 388 Å². The molecule has 0 amide bonds. The number of carbonyl (C=O) groups is 4. The Labute approximate surface area is 568 Å². The molecule has 3 unspecified atom stereocenters. The molecule has 552 valence electrons. The van der Waals surface area contributed by atoms with E-state index < -0.39 is 97.5 Å². The largest absolute Gasteiger partial charge is 0.472 e. The molecule has 0 fully saturated rings. The van der Waals surface area contributed by atoms with Gasteiger partial charge in [0.1, 0.15) is 19.3 Å². The zero-order valence-electron chi connectivity index (χ0n) is 60.4. The molecule has 93 heavy (non-hydrogen) atoms. The van der Waals surface area contributed by atoms with Crippen molar-refractivity contribution in [3.05, 3.63) is 0 Å². The van der Waals surface area contributed by atoms with Gasteiger partial charge in [-0.2, -0.15) is 0 Å². The Morgan fingerprint density at radius 1 is 0.301 bits per heavy atom. The van der Waals surface area contributed by atoms with E-state index in [0.29, 0.717) is 25.7 Å². The van der Waals surface area contributed by atoms with Crippen LogP contribution in [0.4, 0.5) is 0 Å². The first-order valence-corrected chi connectivity index (χ1v) is 41.7. The quantitative estimate of drug-likeness (QED) is 0.0222. The van der Waals surface area contributed by atoms with E-state index in [9.17, 15) is 43.2 Å². The fourth-order valence-electron chi connectivity index (χ4n) is 11.3. The molecule has 0 rings (SSSR count). The van der Waals surface area contributed by atoms with Crippen molar-refractivity contribution in [3.8, 4) is 0 Å². The lowest BCUT2D eigenvalue weighted by atomic mass is 9.99. The molecule has 0 aliphatic carbocycles. The third-order valence-electron chi connectivity index (χ3n) is 17.6. The van der Waals surface area contributed by atoms with Gasteiger partial charge in [-0.25, -0.2) is 9.13 Å². The first-order valence-electron chi connectivity index (χ1n) is 38.7. The highest BCUT2D eigenvalue weighted by Gasteiger charge is 2.30. The van der Waals surface area contributed by atoms with E-state index in [4.69, 9.17) is 37.0 Å². The van der Waals surface area contributed by atoms with Gasteiger partial charge in [-0.05, 0) is 31.6 Å². The predicted molar refractivity (Wildman–Crippen MR) is 377 cm³/mol. The number of hydrogen-bond donors (Lipinski definition) is 3. The molecule has 0 spiro atoms. The van der Waals surface area contributed by atoms with Crippen molar-refractivity contribution >= 4 is 39.5 Å². The Kier molecular flexibility index (Phi) is 65.9. The van der Waals surface area contributed by atoms with E-state index >= 15 is 0 Å². The summed E-state index contributed by atoms with van der Waals surface area (Å²) in [4.78, 5) is 72.7. The SMILES string of the molecule is CCCCCCCCCCCCCCCC(=O)OC[C@H](COP(=O)(O)OC[C@@H](O)COP(=O)(O)OC[C@@H](COC(=O)CCCCCCCCCCCCC)OC(=O)CCCCCCCCCCCCC)OC(=O)CCCCCCCCCCCCCCCCC(C)CC. The Balaban J connectivity index is 5.23. The summed E-state index contributed by atoms with van der Waals surface area (Å²) in [5.41, 5.74) is 0. The molecule has 0 aromatic heterocycles. The van der Waals surface area contributed by atoms with Crippen molar-refractivity contribution in [1.29, 1.82) is 0 Å². The second-order valence-electron chi connectivity index (χ2n) is 26.9. The fraction of sp³-hybridized carbons (Fsp3) is 0.946. The monoisotopic (exact) mass is 1370 g/mol. The predicted octanol–water partition coefficient (Wildman–Crippen LogP) is 21.7. The molecule has 3 N–H and O–H groups in total. The van der Waals surface area contributed by atoms with Crippen LogP contribution in [0.3, 0.4) is 0 Å². The highest BCUT2D eigenvalue weighted by Crippen LogP contribution is 2.45. The fourth-order valence-corrected chi connectivity index (χ4v) is 12.9. The second kappa shape index (κ2) is 67.3. The number of phosphoric ester groups is 2. The average molecular weight is 1370 g/mol. The maximum Gasteiger partial charge on any atom is 0.472 e. The van der Waals surface area contributed by atoms with Crippen LogP contribution in [0.5, 0.6) is 0 Å². The van der Waals surface area contributed by atoms with Gasteiger partial charge < -0.3 is 33.8 Å². The van der Waals surface area contributed by atoms with Gasteiger partial charge in [0.15, 0.2) is 12.2 Å². The van der Waals surface area contributed by atoms with Gasteiger partial charge in [0, 0.05) is 25.7 Å². The molecule has 0 aromatic rings. The topological polar surface area (TPSA) is 237 Å². The number of hydrogen-bond acceptors (Lipinski definition) is 15. The molecular formula is C74H144O17P2. The number of aliphatic hydroxyl groups excluding tert-OH is 1. The van der Waals surface area contributed by atoms with E-state index in [1.54, 1.807) is 0 Å². The lowest BCUT2D eigenvalue weighted by molar-refractivity contribution is -0.161. The van der Waals surface area contributed by atoms with Crippen molar-refractivity contribution < 1.29 is 80.2 Å². The summed E-state index contributed by atoms with van der Waals surface area (Å²) < 4.78 is 68.4. The van der Waals surface area contributed by atoms with Gasteiger partial charge in [0.25, 0.3) is 0 Å². The summed E-state index contributed by atoms with van der Waals surface area (Å²) >= 11 is 0. The summed E-state index contributed by atoms with van der Waals surface area (Å²) in [6, 6.07) is 0. The molecule has 0 saturated carbocycles. The van der Waals surface area contributed by atoms with E-state index in [1.165, 1.54) is 212 Å². The smallest absolute Gasteiger partial charge is 0.462 e. The van der Waals surface area contributed by atoms with Gasteiger partial charge in [0.2, 0.25) is 0 Å². The van der Waals surface area contributed by atoms with Gasteiger partial charge in [-0.15, -0.1) is 0 Å². The van der Waals surface area contributed by atoms with Crippen molar-refractivity contribution in [1.82, 2.24) is 0 Å². The Bertz CT molecular complexity index is 1790. The van der Waals surface area contributed by atoms with Crippen LogP contribution in [0.2, 0.25) is 0 Å². The maximum atomic E-state index is 13.1. The first kappa shape index (κ1) is 91.1. The number of aliphatic hydroxyl groups is 1. The molecule has 0 aliphatic rings. The number of phosphoric acid groups is 2. The van der Waals surface area contributed by atoms with Crippen LogP contribution in [0.25, 0.3) is 0 Å². The molecule has 0 aromatic carbocycles. The van der Waals surface area contributed by atoms with Crippen molar-refractivity contribution in [2.45, 2.75) is 406 Å². The minimum atomic E-state index is -4.95. The Hall–Kier alpha value is -1.94. The summed E-state index contributed by atoms with van der Waals surface area (Å²) in [5.74, 6) is -1.27. The minimum Gasteiger partial charge on any atom is -0.462 e. The zero-order valence-corrected chi connectivity index (χ0v) is 62.2. The van der Waals surface area contributed by atoms with Gasteiger partial charge in [0.05, 0.1) is 26.4 Å². The second-order valence-corrected chi connectivity index (χ2v) is 29.8. The lowest BCUT2D eigenvalue weighted by Gasteiger charge is -2.21. The van der Waals surface area contributed by atoms with E-state index in [1.807, 2.05) is 0 Å². The van der Waals surface area contributed by atoms with Crippen molar-refractivity contribution in [3.63, 3.8) is 0 Å². The third kappa shape index (κ3) is 67.0. The van der Waals surface area contributed by atoms with Gasteiger partial charge >= 0.3 is 39.5 Å². The summed E-state index contributed by atoms with van der Waals surface area (Å²) in [5, 5.41) is 10.6. The molecule has 19 heteroatoms. The minimum absolute atomic E-state index is 0.107. The van der Waals surface area contributed by atoms with Crippen LogP contribution >= 0.6 is 15.6 Å². The molecule has 0 saturated heterocycles. The number of rotatable bonds is 74. The molecule has 0 bridgehead atoms. The third-order valence-corrected chi connectivity index (χ3v) is 19.5.